The van der Waals surface area contributed by atoms with E-state index in [1.54, 1.807) is 0 Å². The highest BCUT2D eigenvalue weighted by Crippen LogP contribution is 2.49. The molecule has 1 atom stereocenters. The van der Waals surface area contributed by atoms with Crippen molar-refractivity contribution in [3.8, 4) is 0 Å². The van der Waals surface area contributed by atoms with E-state index in [0.29, 0.717) is 5.41 Å². The summed E-state index contributed by atoms with van der Waals surface area (Å²) in [5.41, 5.74) is 8.22. The molecule has 0 radical (unpaired) electrons. The van der Waals surface area contributed by atoms with Crippen LogP contribution in [0, 0.1) is 12.3 Å². The Morgan fingerprint density at radius 1 is 1.47 bits per heavy atom. The van der Waals surface area contributed by atoms with Crippen molar-refractivity contribution < 1.29 is 0 Å². The van der Waals surface area contributed by atoms with E-state index in [1.807, 2.05) is 11.3 Å². The maximum atomic E-state index is 6.47. The van der Waals surface area contributed by atoms with Crippen LogP contribution >= 0.6 is 11.3 Å². The monoisotopic (exact) mass is 223 g/mol. The van der Waals surface area contributed by atoms with Gasteiger partial charge in [0.1, 0.15) is 0 Å². The van der Waals surface area contributed by atoms with Crippen LogP contribution < -0.4 is 5.73 Å². The fraction of sp³-hybridized carbons (Fsp3) is 0.692. The fourth-order valence-electron chi connectivity index (χ4n) is 2.94. The average Bonchev–Trinajstić information content (AvgIpc) is 2.86. The van der Waals surface area contributed by atoms with Crippen LogP contribution in [0.4, 0.5) is 0 Å². The van der Waals surface area contributed by atoms with E-state index >= 15 is 0 Å². The molecule has 0 aromatic carbocycles. The summed E-state index contributed by atoms with van der Waals surface area (Å²) in [5, 5.41) is 2.25. The third kappa shape index (κ3) is 1.98. The molecule has 1 fully saturated rings. The molecule has 0 aliphatic heterocycles. The van der Waals surface area contributed by atoms with Crippen LogP contribution in [0.1, 0.15) is 55.5 Å². The van der Waals surface area contributed by atoms with Crippen LogP contribution in [0.15, 0.2) is 11.4 Å². The van der Waals surface area contributed by atoms with Gasteiger partial charge in [0.2, 0.25) is 0 Å². The molecular formula is C13H21NS. The maximum Gasteiger partial charge on any atom is 0.0360 e. The lowest BCUT2D eigenvalue weighted by atomic mass is 9.74. The first kappa shape index (κ1) is 11.2. The van der Waals surface area contributed by atoms with Gasteiger partial charge in [-0.25, -0.2) is 0 Å². The van der Waals surface area contributed by atoms with Crippen molar-refractivity contribution >= 4 is 11.3 Å². The predicted molar refractivity (Wildman–Crippen MR) is 67.2 cm³/mol. The van der Waals surface area contributed by atoms with Crippen molar-refractivity contribution in [2.75, 3.05) is 0 Å². The summed E-state index contributed by atoms with van der Waals surface area (Å²) in [6, 6.07) is 2.53. The zero-order valence-electron chi connectivity index (χ0n) is 9.75. The molecule has 1 saturated carbocycles. The minimum atomic E-state index is 0.259. The average molecular weight is 223 g/mol. The SMILES string of the molecule is CCC1(C(N)c2csc(C)c2)CCCC1. The van der Waals surface area contributed by atoms with Crippen molar-refractivity contribution in [1.29, 1.82) is 0 Å². The Hall–Kier alpha value is -0.340. The number of aryl methyl sites for hydroxylation is 1. The summed E-state index contributed by atoms with van der Waals surface area (Å²) >= 11 is 1.82. The summed E-state index contributed by atoms with van der Waals surface area (Å²) in [6.07, 6.45) is 6.59. The van der Waals surface area contributed by atoms with Crippen molar-refractivity contribution in [1.82, 2.24) is 0 Å². The maximum absolute atomic E-state index is 6.47. The largest absolute Gasteiger partial charge is 0.323 e. The lowest BCUT2D eigenvalue weighted by Crippen LogP contribution is -2.31. The van der Waals surface area contributed by atoms with Gasteiger partial charge in [-0.1, -0.05) is 19.8 Å². The second-order valence-corrected chi connectivity index (χ2v) is 6.01. The molecule has 84 valence electrons. The van der Waals surface area contributed by atoms with E-state index < -0.39 is 0 Å². The highest BCUT2D eigenvalue weighted by Gasteiger charge is 2.38. The lowest BCUT2D eigenvalue weighted by Gasteiger charge is -2.34. The topological polar surface area (TPSA) is 26.0 Å². The van der Waals surface area contributed by atoms with Gasteiger partial charge in [-0.2, -0.15) is 0 Å². The number of nitrogens with two attached hydrogens (primary N) is 1. The lowest BCUT2D eigenvalue weighted by molar-refractivity contribution is 0.222. The van der Waals surface area contributed by atoms with Crippen LogP contribution in [-0.2, 0) is 0 Å². The third-order valence-electron chi connectivity index (χ3n) is 4.07. The normalized spacial score (nSPS) is 21.8. The van der Waals surface area contributed by atoms with Gasteiger partial charge in [0.15, 0.2) is 0 Å². The van der Waals surface area contributed by atoms with Gasteiger partial charge in [0.25, 0.3) is 0 Å². The molecule has 1 aromatic rings. The van der Waals surface area contributed by atoms with E-state index in [-0.39, 0.29) is 6.04 Å². The van der Waals surface area contributed by atoms with E-state index in [2.05, 4.69) is 25.3 Å². The molecule has 0 spiro atoms. The van der Waals surface area contributed by atoms with Gasteiger partial charge in [-0.3, -0.25) is 0 Å². The summed E-state index contributed by atoms with van der Waals surface area (Å²) in [4.78, 5) is 1.38. The van der Waals surface area contributed by atoms with Crippen molar-refractivity contribution in [2.24, 2.45) is 11.1 Å². The molecule has 1 aliphatic carbocycles. The predicted octanol–water partition coefficient (Wildman–Crippen LogP) is 4.03. The van der Waals surface area contributed by atoms with Crippen LogP contribution in [-0.4, -0.2) is 0 Å². The second-order valence-electron chi connectivity index (χ2n) is 4.89. The van der Waals surface area contributed by atoms with Crippen molar-refractivity contribution in [3.05, 3.63) is 21.9 Å². The van der Waals surface area contributed by atoms with Crippen LogP contribution in [0.5, 0.6) is 0 Å². The van der Waals surface area contributed by atoms with E-state index in [1.165, 1.54) is 42.5 Å². The van der Waals surface area contributed by atoms with Gasteiger partial charge in [-0.15, -0.1) is 11.3 Å². The van der Waals surface area contributed by atoms with Gasteiger partial charge in [-0.05, 0) is 48.6 Å². The zero-order chi connectivity index (χ0) is 10.9. The zero-order valence-corrected chi connectivity index (χ0v) is 10.6. The molecule has 1 aromatic heterocycles. The number of thiophene rings is 1. The molecule has 1 aliphatic rings. The van der Waals surface area contributed by atoms with Gasteiger partial charge >= 0.3 is 0 Å². The Morgan fingerprint density at radius 2 is 2.13 bits per heavy atom. The van der Waals surface area contributed by atoms with Crippen LogP contribution in [0.3, 0.4) is 0 Å². The smallest absolute Gasteiger partial charge is 0.0360 e. The highest BCUT2D eigenvalue weighted by molar-refractivity contribution is 7.10. The number of hydrogen-bond donors (Lipinski definition) is 1. The fourth-order valence-corrected chi connectivity index (χ4v) is 3.68. The summed E-state index contributed by atoms with van der Waals surface area (Å²) < 4.78 is 0. The minimum Gasteiger partial charge on any atom is -0.323 e. The first-order valence-electron chi connectivity index (χ1n) is 5.98. The molecule has 2 N–H and O–H groups in total. The molecule has 1 unspecified atom stereocenters. The number of rotatable bonds is 3. The van der Waals surface area contributed by atoms with Gasteiger partial charge in [0, 0.05) is 10.9 Å². The molecule has 15 heavy (non-hydrogen) atoms. The molecule has 0 bridgehead atoms. The van der Waals surface area contributed by atoms with Crippen molar-refractivity contribution in [2.45, 2.75) is 52.0 Å². The standard InChI is InChI=1S/C13H21NS/c1-3-13(6-4-5-7-13)12(14)11-8-10(2)15-9-11/h8-9,12H,3-7,14H2,1-2H3. The summed E-state index contributed by atoms with van der Waals surface area (Å²) in [7, 11) is 0. The highest BCUT2D eigenvalue weighted by atomic mass is 32.1. The molecular weight excluding hydrogens is 202 g/mol. The number of hydrogen-bond acceptors (Lipinski definition) is 2. The van der Waals surface area contributed by atoms with E-state index in [9.17, 15) is 0 Å². The minimum absolute atomic E-state index is 0.259. The van der Waals surface area contributed by atoms with E-state index in [4.69, 9.17) is 5.73 Å². The molecule has 0 saturated heterocycles. The summed E-state index contributed by atoms with van der Waals surface area (Å²) in [6.45, 7) is 4.46. The van der Waals surface area contributed by atoms with Gasteiger partial charge < -0.3 is 5.73 Å². The third-order valence-corrected chi connectivity index (χ3v) is 4.95. The first-order chi connectivity index (χ1) is 7.18. The Labute approximate surface area is 96.7 Å². The molecule has 1 nitrogen and oxygen atoms in total. The molecule has 2 rings (SSSR count). The summed E-state index contributed by atoms with van der Waals surface area (Å²) in [5.74, 6) is 0. The quantitative estimate of drug-likeness (QED) is 0.822. The Balaban J connectivity index is 2.21. The molecule has 1 heterocycles. The first-order valence-corrected chi connectivity index (χ1v) is 6.86. The second kappa shape index (κ2) is 4.26. The van der Waals surface area contributed by atoms with Crippen LogP contribution in [0.2, 0.25) is 0 Å². The van der Waals surface area contributed by atoms with E-state index in [0.717, 1.165) is 0 Å². The Kier molecular flexibility index (Phi) is 3.17. The van der Waals surface area contributed by atoms with Crippen molar-refractivity contribution in [3.63, 3.8) is 0 Å². The van der Waals surface area contributed by atoms with Crippen LogP contribution in [0.25, 0.3) is 0 Å². The van der Waals surface area contributed by atoms with Gasteiger partial charge in [0.05, 0.1) is 0 Å². The Morgan fingerprint density at radius 3 is 2.60 bits per heavy atom. The molecule has 0 amide bonds. The molecule has 2 heteroatoms. The Bertz CT molecular complexity index is 323.